The first-order chi connectivity index (χ1) is 10.5. The van der Waals surface area contributed by atoms with Crippen molar-refractivity contribution in [2.24, 2.45) is 0 Å². The van der Waals surface area contributed by atoms with Crippen LogP contribution in [0.4, 0.5) is 0 Å². The molecular formula is C15H9N3O4. The van der Waals surface area contributed by atoms with E-state index in [1.165, 1.54) is 12.1 Å². The summed E-state index contributed by atoms with van der Waals surface area (Å²) in [5.41, 5.74) is 0.353. The lowest BCUT2D eigenvalue weighted by Crippen LogP contribution is -2.10. The number of aromatic hydroxyl groups is 1. The molecule has 3 N–H and O–H groups in total. The van der Waals surface area contributed by atoms with Crippen LogP contribution >= 0.6 is 0 Å². The van der Waals surface area contributed by atoms with Crippen molar-refractivity contribution >= 4 is 17.0 Å². The average Bonchev–Trinajstić information content (AvgIpc) is 2.91. The lowest BCUT2D eigenvalue weighted by molar-refractivity contribution is 0.0697. The van der Waals surface area contributed by atoms with E-state index in [4.69, 9.17) is 10.4 Å². The van der Waals surface area contributed by atoms with E-state index in [0.29, 0.717) is 11.2 Å². The van der Waals surface area contributed by atoms with Crippen LogP contribution in [0.5, 0.6) is 5.75 Å². The van der Waals surface area contributed by atoms with E-state index in [9.17, 15) is 14.7 Å². The Morgan fingerprint density at radius 3 is 2.50 bits per heavy atom. The second kappa shape index (κ2) is 4.79. The maximum absolute atomic E-state index is 11.6. The molecule has 0 aliphatic carbocycles. The summed E-state index contributed by atoms with van der Waals surface area (Å²) >= 11 is 0. The van der Waals surface area contributed by atoms with Gasteiger partial charge in [0.15, 0.2) is 11.3 Å². The van der Waals surface area contributed by atoms with Crippen LogP contribution in [0.15, 0.2) is 41.3 Å². The van der Waals surface area contributed by atoms with Gasteiger partial charge in [-0.1, -0.05) is 0 Å². The second-order valence-electron chi connectivity index (χ2n) is 4.59. The molecule has 0 fully saturated rings. The summed E-state index contributed by atoms with van der Waals surface area (Å²) in [4.78, 5) is 25.0. The summed E-state index contributed by atoms with van der Waals surface area (Å²) < 4.78 is 1.56. The SMILES string of the molecule is N#Cc1c(O)c2c(ccn2-c2ccc(C(=O)O)cc2)[nH]c1=O. The third-order valence-corrected chi connectivity index (χ3v) is 3.33. The van der Waals surface area contributed by atoms with Gasteiger partial charge in [-0.3, -0.25) is 4.79 Å². The van der Waals surface area contributed by atoms with Crippen molar-refractivity contribution in [3.05, 3.63) is 58.0 Å². The third-order valence-electron chi connectivity index (χ3n) is 3.33. The van der Waals surface area contributed by atoms with E-state index in [1.54, 1.807) is 35.0 Å². The predicted molar refractivity (Wildman–Crippen MR) is 77.2 cm³/mol. The van der Waals surface area contributed by atoms with Crippen LogP contribution in [0, 0.1) is 11.3 Å². The molecule has 3 rings (SSSR count). The lowest BCUT2D eigenvalue weighted by Gasteiger charge is -2.07. The fourth-order valence-electron chi connectivity index (χ4n) is 2.27. The molecule has 7 nitrogen and oxygen atoms in total. The number of benzene rings is 1. The minimum Gasteiger partial charge on any atom is -0.504 e. The van der Waals surface area contributed by atoms with Crippen LogP contribution < -0.4 is 5.56 Å². The first-order valence-electron chi connectivity index (χ1n) is 6.23. The van der Waals surface area contributed by atoms with E-state index in [0.717, 1.165) is 0 Å². The largest absolute Gasteiger partial charge is 0.504 e. The summed E-state index contributed by atoms with van der Waals surface area (Å²) in [5, 5.41) is 28.0. The normalized spacial score (nSPS) is 10.5. The number of hydrogen-bond donors (Lipinski definition) is 3. The quantitative estimate of drug-likeness (QED) is 0.663. The fourth-order valence-corrected chi connectivity index (χ4v) is 2.27. The Labute approximate surface area is 123 Å². The van der Waals surface area contributed by atoms with E-state index in [-0.39, 0.29) is 16.6 Å². The maximum atomic E-state index is 11.6. The minimum absolute atomic E-state index is 0.135. The molecule has 0 amide bonds. The number of aromatic nitrogens is 2. The highest BCUT2D eigenvalue weighted by molar-refractivity contribution is 5.88. The average molecular weight is 295 g/mol. The Morgan fingerprint density at radius 2 is 1.91 bits per heavy atom. The van der Waals surface area contributed by atoms with Crippen molar-refractivity contribution in [2.45, 2.75) is 0 Å². The lowest BCUT2D eigenvalue weighted by atomic mass is 10.2. The molecule has 3 aromatic rings. The third kappa shape index (κ3) is 1.91. The van der Waals surface area contributed by atoms with Crippen LogP contribution in [0.25, 0.3) is 16.7 Å². The smallest absolute Gasteiger partial charge is 0.335 e. The molecule has 2 heterocycles. The molecule has 1 aromatic carbocycles. The predicted octanol–water partition coefficient (Wildman–Crippen LogP) is 1.59. The summed E-state index contributed by atoms with van der Waals surface area (Å²) in [6.45, 7) is 0. The van der Waals surface area contributed by atoms with Gasteiger partial charge in [-0.25, -0.2) is 4.79 Å². The van der Waals surface area contributed by atoms with Gasteiger partial charge in [-0.05, 0) is 30.3 Å². The number of H-pyrrole nitrogens is 1. The number of pyridine rings is 1. The number of nitriles is 1. The van der Waals surface area contributed by atoms with Crippen LogP contribution in [-0.4, -0.2) is 25.7 Å². The zero-order valence-corrected chi connectivity index (χ0v) is 11.1. The van der Waals surface area contributed by atoms with Gasteiger partial charge >= 0.3 is 5.97 Å². The van der Waals surface area contributed by atoms with Crippen molar-refractivity contribution < 1.29 is 15.0 Å². The van der Waals surface area contributed by atoms with Crippen molar-refractivity contribution in [2.75, 3.05) is 0 Å². The van der Waals surface area contributed by atoms with Gasteiger partial charge in [-0.15, -0.1) is 0 Å². The number of aromatic carboxylic acids is 1. The highest BCUT2D eigenvalue weighted by Gasteiger charge is 2.16. The Kier molecular flexibility index (Phi) is 2.93. The first-order valence-corrected chi connectivity index (χ1v) is 6.23. The van der Waals surface area contributed by atoms with Crippen LogP contribution in [0.2, 0.25) is 0 Å². The molecule has 7 heteroatoms. The van der Waals surface area contributed by atoms with Crippen LogP contribution in [-0.2, 0) is 0 Å². The Balaban J connectivity index is 2.26. The zero-order chi connectivity index (χ0) is 15.9. The molecule has 0 aliphatic rings. The van der Waals surface area contributed by atoms with Gasteiger partial charge < -0.3 is 19.8 Å². The number of hydrogen-bond acceptors (Lipinski definition) is 4. The summed E-state index contributed by atoms with van der Waals surface area (Å²) in [5.74, 6) is -1.45. The van der Waals surface area contributed by atoms with Gasteiger partial charge in [0.05, 0.1) is 11.1 Å². The number of fused-ring (bicyclic) bond motifs is 1. The van der Waals surface area contributed by atoms with Gasteiger partial charge in [0.2, 0.25) is 0 Å². The summed E-state index contributed by atoms with van der Waals surface area (Å²) in [6.07, 6.45) is 1.61. The molecule has 0 unspecified atom stereocenters. The first kappa shape index (κ1) is 13.5. The summed E-state index contributed by atoms with van der Waals surface area (Å²) in [7, 11) is 0. The second-order valence-corrected chi connectivity index (χ2v) is 4.59. The molecule has 22 heavy (non-hydrogen) atoms. The highest BCUT2D eigenvalue weighted by atomic mass is 16.4. The number of rotatable bonds is 2. The topological polar surface area (TPSA) is 119 Å². The van der Waals surface area contributed by atoms with E-state index >= 15 is 0 Å². The molecule has 0 atom stereocenters. The standard InChI is InChI=1S/C15H9N3O4/c16-7-10-13(19)12-11(17-14(10)20)5-6-18(12)9-3-1-8(2-4-9)15(21)22/h1-6H,(H,21,22)(H2,17,19,20). The van der Waals surface area contributed by atoms with Crippen LogP contribution in [0.1, 0.15) is 15.9 Å². The molecule has 0 aliphatic heterocycles. The van der Waals surface area contributed by atoms with E-state index < -0.39 is 17.3 Å². The van der Waals surface area contributed by atoms with Gasteiger partial charge in [0.25, 0.3) is 5.56 Å². The number of nitrogens with zero attached hydrogens (tertiary/aromatic N) is 2. The zero-order valence-electron chi connectivity index (χ0n) is 11.1. The van der Waals surface area contributed by atoms with E-state index in [1.807, 2.05) is 0 Å². The maximum Gasteiger partial charge on any atom is 0.335 e. The molecule has 0 saturated carbocycles. The van der Waals surface area contributed by atoms with Crippen molar-refractivity contribution in [3.8, 4) is 17.5 Å². The molecule has 108 valence electrons. The van der Waals surface area contributed by atoms with Gasteiger partial charge in [0.1, 0.15) is 11.6 Å². The Bertz CT molecular complexity index is 991. The molecule has 0 radical (unpaired) electrons. The van der Waals surface area contributed by atoms with Crippen LogP contribution in [0.3, 0.4) is 0 Å². The number of nitrogens with one attached hydrogen (secondary N) is 1. The molecule has 0 bridgehead atoms. The molecule has 0 saturated heterocycles. The number of aromatic amines is 1. The monoisotopic (exact) mass is 295 g/mol. The van der Waals surface area contributed by atoms with Gasteiger partial charge in [-0.2, -0.15) is 5.26 Å². The Hall–Kier alpha value is -3.53. The highest BCUT2D eigenvalue weighted by Crippen LogP contribution is 2.28. The van der Waals surface area contributed by atoms with E-state index in [2.05, 4.69) is 4.98 Å². The van der Waals surface area contributed by atoms with Crippen molar-refractivity contribution in [1.82, 2.24) is 9.55 Å². The number of carboxylic acids is 1. The molecule has 2 aromatic heterocycles. The molecule has 0 spiro atoms. The fraction of sp³-hybridized carbons (Fsp3) is 0. The molecular weight excluding hydrogens is 286 g/mol. The number of carbonyl (C=O) groups is 1. The minimum atomic E-state index is -1.04. The van der Waals surface area contributed by atoms with Crippen molar-refractivity contribution in [1.29, 1.82) is 5.26 Å². The Morgan fingerprint density at radius 1 is 1.23 bits per heavy atom. The summed E-state index contributed by atoms with van der Waals surface area (Å²) in [6, 6.07) is 9.24. The number of carboxylic acid groups (broad SMARTS) is 1. The van der Waals surface area contributed by atoms with Crippen molar-refractivity contribution in [3.63, 3.8) is 0 Å². The van der Waals surface area contributed by atoms with Gasteiger partial charge in [0, 0.05) is 11.9 Å².